The zero-order valence-electron chi connectivity index (χ0n) is 14.3. The van der Waals surface area contributed by atoms with Crippen LogP contribution in [0.1, 0.15) is 57.6 Å². The second-order valence-corrected chi connectivity index (χ2v) is 6.77. The molecule has 0 radical (unpaired) electrons. The van der Waals surface area contributed by atoms with Crippen LogP contribution in [-0.2, 0) is 10.2 Å². The highest BCUT2D eigenvalue weighted by Gasteiger charge is 2.23. The van der Waals surface area contributed by atoms with Crippen LogP contribution in [0.5, 0.6) is 5.75 Å². The maximum Gasteiger partial charge on any atom is 0.188 e. The molecule has 0 saturated carbocycles. The van der Waals surface area contributed by atoms with Crippen LogP contribution < -0.4 is 4.74 Å². The van der Waals surface area contributed by atoms with Crippen molar-refractivity contribution < 1.29 is 9.47 Å². The monoisotopic (exact) mass is 325 g/mol. The second-order valence-electron chi connectivity index (χ2n) is 6.39. The number of rotatable bonds is 7. The van der Waals surface area contributed by atoms with Gasteiger partial charge in [-0.05, 0) is 42.4 Å². The summed E-state index contributed by atoms with van der Waals surface area (Å²) in [5.41, 5.74) is 2.23. The lowest BCUT2D eigenvalue weighted by Gasteiger charge is -2.24. The van der Waals surface area contributed by atoms with Gasteiger partial charge < -0.3 is 9.47 Å². The molecular weight excluding hydrogens is 298 g/mol. The first-order valence-electron chi connectivity index (χ1n) is 7.80. The van der Waals surface area contributed by atoms with Crippen molar-refractivity contribution in [3.8, 4) is 5.75 Å². The molecule has 0 aromatic heterocycles. The van der Waals surface area contributed by atoms with Gasteiger partial charge in [0, 0.05) is 5.88 Å². The number of ether oxygens (including phenoxy) is 2. The molecule has 1 atom stereocenters. The van der Waals surface area contributed by atoms with Gasteiger partial charge in [0.15, 0.2) is 5.90 Å². The molecule has 124 valence electrons. The predicted molar refractivity (Wildman–Crippen MR) is 93.7 cm³/mol. The zero-order chi connectivity index (χ0) is 16.8. The van der Waals surface area contributed by atoms with Crippen molar-refractivity contribution in [1.29, 1.82) is 5.41 Å². The number of hydrogen-bond donors (Lipinski definition) is 1. The molecule has 1 aromatic carbocycles. The normalized spacial score (nSPS) is 12.8. The third-order valence-corrected chi connectivity index (χ3v) is 3.95. The molecule has 0 spiro atoms. The zero-order valence-corrected chi connectivity index (χ0v) is 15.1. The van der Waals surface area contributed by atoms with E-state index in [0.717, 1.165) is 29.7 Å². The van der Waals surface area contributed by atoms with Crippen LogP contribution >= 0.6 is 11.6 Å². The van der Waals surface area contributed by atoms with E-state index in [1.54, 1.807) is 7.11 Å². The van der Waals surface area contributed by atoms with E-state index in [-0.39, 0.29) is 11.3 Å². The first kappa shape index (κ1) is 18.8. The summed E-state index contributed by atoms with van der Waals surface area (Å²) in [4.78, 5) is 0. The molecule has 1 rings (SSSR count). The van der Waals surface area contributed by atoms with Gasteiger partial charge in [-0.3, -0.25) is 5.41 Å². The van der Waals surface area contributed by atoms with Crippen LogP contribution in [0.4, 0.5) is 0 Å². The Morgan fingerprint density at radius 1 is 1.32 bits per heavy atom. The SMILES string of the molecule is CCOC(=N)C(CCCCl)c1ccc(C(C)(C)C)c(OC)c1. The Bertz CT molecular complexity index is 494. The van der Waals surface area contributed by atoms with Gasteiger partial charge in [0.1, 0.15) is 5.75 Å². The lowest BCUT2D eigenvalue weighted by molar-refractivity contribution is 0.305. The van der Waals surface area contributed by atoms with E-state index in [4.69, 9.17) is 26.5 Å². The molecule has 0 saturated heterocycles. The third kappa shape index (κ3) is 4.91. The first-order valence-corrected chi connectivity index (χ1v) is 8.34. The molecule has 0 amide bonds. The molecule has 0 aliphatic rings. The fourth-order valence-electron chi connectivity index (χ4n) is 2.53. The quantitative estimate of drug-likeness (QED) is 0.430. The average molecular weight is 326 g/mol. The highest BCUT2D eigenvalue weighted by atomic mass is 35.5. The summed E-state index contributed by atoms with van der Waals surface area (Å²) >= 11 is 5.82. The maximum atomic E-state index is 8.16. The highest BCUT2D eigenvalue weighted by Crippen LogP contribution is 2.35. The number of benzene rings is 1. The summed E-state index contributed by atoms with van der Waals surface area (Å²) in [6.45, 7) is 8.90. The van der Waals surface area contributed by atoms with Crippen LogP contribution in [0.3, 0.4) is 0 Å². The van der Waals surface area contributed by atoms with E-state index in [1.165, 1.54) is 0 Å². The summed E-state index contributed by atoms with van der Waals surface area (Å²) in [5.74, 6) is 1.69. The molecular formula is C18H28ClNO2. The Hall–Kier alpha value is -1.22. The van der Waals surface area contributed by atoms with Gasteiger partial charge in [0.2, 0.25) is 0 Å². The fourth-order valence-corrected chi connectivity index (χ4v) is 2.68. The van der Waals surface area contributed by atoms with E-state index >= 15 is 0 Å². The molecule has 0 aliphatic heterocycles. The van der Waals surface area contributed by atoms with Gasteiger partial charge in [0.05, 0.1) is 19.6 Å². The van der Waals surface area contributed by atoms with Gasteiger partial charge in [-0.1, -0.05) is 32.9 Å². The Morgan fingerprint density at radius 2 is 2.00 bits per heavy atom. The maximum absolute atomic E-state index is 8.16. The highest BCUT2D eigenvalue weighted by molar-refractivity contribution is 6.17. The smallest absolute Gasteiger partial charge is 0.188 e. The van der Waals surface area contributed by atoms with Crippen LogP contribution in [0.15, 0.2) is 18.2 Å². The summed E-state index contributed by atoms with van der Waals surface area (Å²) in [6.07, 6.45) is 1.66. The molecule has 0 heterocycles. The Kier molecular flexibility index (Phi) is 7.21. The van der Waals surface area contributed by atoms with Crippen molar-refractivity contribution in [3.63, 3.8) is 0 Å². The first-order chi connectivity index (χ1) is 10.3. The van der Waals surface area contributed by atoms with E-state index in [9.17, 15) is 0 Å². The van der Waals surface area contributed by atoms with Gasteiger partial charge in [-0.25, -0.2) is 0 Å². The minimum atomic E-state index is -0.0679. The largest absolute Gasteiger partial charge is 0.496 e. The van der Waals surface area contributed by atoms with Crippen molar-refractivity contribution in [2.75, 3.05) is 19.6 Å². The van der Waals surface area contributed by atoms with Crippen LogP contribution in [0.25, 0.3) is 0 Å². The molecule has 0 fully saturated rings. The van der Waals surface area contributed by atoms with Gasteiger partial charge >= 0.3 is 0 Å². The fraction of sp³-hybridized carbons (Fsp3) is 0.611. The number of alkyl halides is 1. The summed E-state index contributed by atoms with van der Waals surface area (Å²) < 4.78 is 11.0. The lowest BCUT2D eigenvalue weighted by Crippen LogP contribution is -2.17. The van der Waals surface area contributed by atoms with Crippen molar-refractivity contribution >= 4 is 17.5 Å². The van der Waals surface area contributed by atoms with Crippen molar-refractivity contribution in [1.82, 2.24) is 0 Å². The van der Waals surface area contributed by atoms with E-state index in [1.807, 2.05) is 13.0 Å². The van der Waals surface area contributed by atoms with Crippen molar-refractivity contribution in [2.24, 2.45) is 0 Å². The standard InChI is InChI=1S/C18H28ClNO2/c1-6-22-17(20)14(8-7-11-19)13-9-10-15(18(2,3)4)16(12-13)21-5/h9-10,12,14,20H,6-8,11H2,1-5H3. The summed E-state index contributed by atoms with van der Waals surface area (Å²) in [6, 6.07) is 6.21. The van der Waals surface area contributed by atoms with E-state index in [2.05, 4.69) is 32.9 Å². The molecule has 22 heavy (non-hydrogen) atoms. The summed E-state index contributed by atoms with van der Waals surface area (Å²) in [7, 11) is 1.69. The van der Waals surface area contributed by atoms with E-state index < -0.39 is 0 Å². The minimum Gasteiger partial charge on any atom is -0.496 e. The molecule has 0 aliphatic carbocycles. The van der Waals surface area contributed by atoms with Gasteiger partial charge in [-0.2, -0.15) is 0 Å². The van der Waals surface area contributed by atoms with Crippen LogP contribution in [0.2, 0.25) is 0 Å². The second kappa shape index (κ2) is 8.42. The Balaban J connectivity index is 3.17. The van der Waals surface area contributed by atoms with E-state index in [0.29, 0.717) is 18.4 Å². The predicted octanol–water partition coefficient (Wildman–Crippen LogP) is 5.11. The van der Waals surface area contributed by atoms with Crippen molar-refractivity contribution in [2.45, 2.75) is 51.9 Å². The lowest BCUT2D eigenvalue weighted by atomic mass is 9.84. The van der Waals surface area contributed by atoms with Crippen LogP contribution in [0, 0.1) is 5.41 Å². The Labute approximate surface area is 139 Å². The van der Waals surface area contributed by atoms with Crippen molar-refractivity contribution in [3.05, 3.63) is 29.3 Å². The topological polar surface area (TPSA) is 42.3 Å². The molecule has 0 bridgehead atoms. The van der Waals surface area contributed by atoms with Gasteiger partial charge in [0.25, 0.3) is 0 Å². The number of halogens is 1. The molecule has 3 nitrogen and oxygen atoms in total. The third-order valence-electron chi connectivity index (χ3n) is 3.68. The number of methoxy groups -OCH3 is 1. The molecule has 1 N–H and O–H groups in total. The molecule has 1 aromatic rings. The summed E-state index contributed by atoms with van der Waals surface area (Å²) in [5, 5.41) is 8.16. The average Bonchev–Trinajstić information content (AvgIpc) is 2.46. The van der Waals surface area contributed by atoms with Gasteiger partial charge in [-0.15, -0.1) is 11.6 Å². The molecule has 4 heteroatoms. The van der Waals surface area contributed by atoms with Crippen LogP contribution in [-0.4, -0.2) is 25.5 Å². The minimum absolute atomic E-state index is 0.0168. The number of hydrogen-bond acceptors (Lipinski definition) is 3. The molecule has 1 unspecified atom stereocenters. The Morgan fingerprint density at radius 3 is 2.50 bits per heavy atom. The number of nitrogens with one attached hydrogen (secondary N) is 1.